The van der Waals surface area contributed by atoms with Gasteiger partial charge in [-0.2, -0.15) is 0 Å². The molecule has 3 atom stereocenters. The number of amides is 1. The van der Waals surface area contributed by atoms with E-state index in [1.54, 1.807) is 7.11 Å². The van der Waals surface area contributed by atoms with Crippen molar-refractivity contribution in [3.63, 3.8) is 0 Å². The SMILES string of the molecule is COc1ccc([C@H]2CN(C(=O)c3ccccc3)[C@@H]3CCN(CC4CC4)C[C@H]23)cc1. The van der Waals surface area contributed by atoms with Crippen LogP contribution in [0, 0.1) is 11.8 Å². The van der Waals surface area contributed by atoms with Gasteiger partial charge < -0.3 is 14.5 Å². The van der Waals surface area contributed by atoms with Gasteiger partial charge in [0.15, 0.2) is 0 Å². The Bertz CT molecular complexity index is 847. The van der Waals surface area contributed by atoms with Crippen molar-refractivity contribution in [2.45, 2.75) is 31.2 Å². The van der Waals surface area contributed by atoms with Crippen LogP contribution in [-0.4, -0.2) is 55.0 Å². The van der Waals surface area contributed by atoms with Crippen LogP contribution >= 0.6 is 0 Å². The first-order valence-electron chi connectivity index (χ1n) is 11.0. The molecule has 2 heterocycles. The summed E-state index contributed by atoms with van der Waals surface area (Å²) < 4.78 is 5.35. The van der Waals surface area contributed by atoms with Crippen molar-refractivity contribution in [3.8, 4) is 5.75 Å². The van der Waals surface area contributed by atoms with Gasteiger partial charge in [0.05, 0.1) is 7.11 Å². The minimum absolute atomic E-state index is 0.187. The standard InChI is InChI=1S/C25H30N2O2/c1-29-21-11-9-19(10-12-21)22-17-27(25(28)20-5-3-2-4-6-20)24-13-14-26(16-23(22)24)15-18-7-8-18/h2-6,9-12,18,22-24H,7-8,13-17H2,1H3/t22-,23-,24-/m1/s1. The zero-order valence-electron chi connectivity index (χ0n) is 17.2. The molecule has 1 aliphatic carbocycles. The van der Waals surface area contributed by atoms with Gasteiger partial charge in [-0.15, -0.1) is 0 Å². The molecule has 2 aliphatic heterocycles. The van der Waals surface area contributed by atoms with E-state index in [1.165, 1.54) is 24.9 Å². The first kappa shape index (κ1) is 18.7. The summed E-state index contributed by atoms with van der Waals surface area (Å²) in [6, 6.07) is 18.6. The van der Waals surface area contributed by atoms with Gasteiger partial charge in [-0.3, -0.25) is 4.79 Å². The number of carbonyl (C=O) groups is 1. The Kier molecular flexibility index (Phi) is 5.04. The van der Waals surface area contributed by atoms with Crippen LogP contribution in [0.5, 0.6) is 5.75 Å². The molecule has 4 nitrogen and oxygen atoms in total. The molecule has 1 amide bonds. The summed E-state index contributed by atoms with van der Waals surface area (Å²) in [4.78, 5) is 18.2. The van der Waals surface area contributed by atoms with E-state index in [0.717, 1.165) is 43.3 Å². The van der Waals surface area contributed by atoms with Gasteiger partial charge in [0.25, 0.3) is 5.91 Å². The number of ether oxygens (including phenoxy) is 1. The van der Waals surface area contributed by atoms with E-state index >= 15 is 0 Å². The number of fused-ring (bicyclic) bond motifs is 1. The highest BCUT2D eigenvalue weighted by atomic mass is 16.5. The summed E-state index contributed by atoms with van der Waals surface area (Å²) in [7, 11) is 1.71. The number of benzene rings is 2. The predicted octanol–water partition coefficient (Wildman–Crippen LogP) is 4.04. The molecular weight excluding hydrogens is 360 g/mol. The van der Waals surface area contributed by atoms with Gasteiger partial charge in [0, 0.05) is 49.6 Å². The Morgan fingerprint density at radius 3 is 2.45 bits per heavy atom. The molecule has 29 heavy (non-hydrogen) atoms. The highest BCUT2D eigenvalue weighted by Gasteiger charge is 2.47. The second kappa shape index (κ2) is 7.83. The van der Waals surface area contributed by atoms with E-state index in [9.17, 15) is 4.79 Å². The van der Waals surface area contributed by atoms with Gasteiger partial charge >= 0.3 is 0 Å². The molecule has 152 valence electrons. The van der Waals surface area contributed by atoms with Crippen LogP contribution in [-0.2, 0) is 0 Å². The molecule has 2 aromatic carbocycles. The van der Waals surface area contributed by atoms with E-state index in [4.69, 9.17) is 4.74 Å². The van der Waals surface area contributed by atoms with Crippen molar-refractivity contribution in [2.75, 3.05) is 33.3 Å². The van der Waals surface area contributed by atoms with E-state index in [-0.39, 0.29) is 5.91 Å². The molecule has 2 saturated heterocycles. The number of carbonyl (C=O) groups excluding carboxylic acids is 1. The lowest BCUT2D eigenvalue weighted by atomic mass is 9.81. The molecule has 5 rings (SSSR count). The minimum Gasteiger partial charge on any atom is -0.497 e. The van der Waals surface area contributed by atoms with Gasteiger partial charge in [0.1, 0.15) is 5.75 Å². The second-order valence-electron chi connectivity index (χ2n) is 8.93. The lowest BCUT2D eigenvalue weighted by molar-refractivity contribution is 0.0617. The number of hydrogen-bond donors (Lipinski definition) is 0. The van der Waals surface area contributed by atoms with Gasteiger partial charge in [0.2, 0.25) is 0 Å². The maximum Gasteiger partial charge on any atom is 0.254 e. The average molecular weight is 391 g/mol. The zero-order valence-corrected chi connectivity index (χ0v) is 17.2. The molecule has 0 unspecified atom stereocenters. The molecule has 0 radical (unpaired) electrons. The average Bonchev–Trinajstić information content (AvgIpc) is 3.51. The summed E-state index contributed by atoms with van der Waals surface area (Å²) in [5, 5.41) is 0. The first-order valence-corrected chi connectivity index (χ1v) is 11.0. The topological polar surface area (TPSA) is 32.8 Å². The van der Waals surface area contributed by atoms with E-state index in [2.05, 4.69) is 34.1 Å². The quantitative estimate of drug-likeness (QED) is 0.773. The Hall–Kier alpha value is -2.33. The minimum atomic E-state index is 0.187. The predicted molar refractivity (Wildman–Crippen MR) is 114 cm³/mol. The summed E-state index contributed by atoms with van der Waals surface area (Å²) in [6.45, 7) is 4.28. The van der Waals surface area contributed by atoms with Crippen molar-refractivity contribution in [2.24, 2.45) is 11.8 Å². The molecular formula is C25H30N2O2. The summed E-state index contributed by atoms with van der Waals surface area (Å²) in [6.07, 6.45) is 3.87. The summed E-state index contributed by atoms with van der Waals surface area (Å²) in [5.41, 5.74) is 2.14. The van der Waals surface area contributed by atoms with Gasteiger partial charge in [-0.1, -0.05) is 30.3 Å². The molecule has 4 heteroatoms. The third-order valence-corrected chi connectivity index (χ3v) is 7.05. The third kappa shape index (κ3) is 3.78. The third-order valence-electron chi connectivity index (χ3n) is 7.05. The first-order chi connectivity index (χ1) is 14.2. The molecule has 0 N–H and O–H groups in total. The maximum absolute atomic E-state index is 13.3. The smallest absolute Gasteiger partial charge is 0.254 e. The molecule has 3 fully saturated rings. The number of piperidine rings is 1. The van der Waals surface area contributed by atoms with E-state index < -0.39 is 0 Å². The molecule has 0 spiro atoms. The number of nitrogens with zero attached hydrogens (tertiary/aromatic N) is 2. The fourth-order valence-corrected chi connectivity index (χ4v) is 5.32. The van der Waals surface area contributed by atoms with Crippen molar-refractivity contribution < 1.29 is 9.53 Å². The second-order valence-corrected chi connectivity index (χ2v) is 8.93. The van der Waals surface area contributed by atoms with Crippen molar-refractivity contribution in [1.29, 1.82) is 0 Å². The molecule has 1 saturated carbocycles. The van der Waals surface area contributed by atoms with Crippen LogP contribution in [0.4, 0.5) is 0 Å². The summed E-state index contributed by atoms with van der Waals surface area (Å²) >= 11 is 0. The monoisotopic (exact) mass is 390 g/mol. The van der Waals surface area contributed by atoms with Crippen LogP contribution in [0.15, 0.2) is 54.6 Å². The van der Waals surface area contributed by atoms with Crippen LogP contribution in [0.3, 0.4) is 0 Å². The fraction of sp³-hybridized carbons (Fsp3) is 0.480. The molecule has 0 aromatic heterocycles. The summed E-state index contributed by atoms with van der Waals surface area (Å²) in [5.74, 6) is 2.88. The number of methoxy groups -OCH3 is 1. The van der Waals surface area contributed by atoms with Crippen LogP contribution in [0.25, 0.3) is 0 Å². The Labute approximate surface area is 173 Å². The lowest BCUT2D eigenvalue weighted by Crippen LogP contribution is -2.48. The van der Waals surface area contributed by atoms with E-state index in [0.29, 0.717) is 17.9 Å². The number of rotatable bonds is 5. The zero-order chi connectivity index (χ0) is 19.8. The molecule has 2 aromatic rings. The number of hydrogen-bond acceptors (Lipinski definition) is 3. The highest BCUT2D eigenvalue weighted by molar-refractivity contribution is 5.94. The van der Waals surface area contributed by atoms with Crippen molar-refractivity contribution >= 4 is 5.91 Å². The van der Waals surface area contributed by atoms with E-state index in [1.807, 2.05) is 30.3 Å². The number of likely N-dealkylation sites (tertiary alicyclic amines) is 2. The normalized spacial score (nSPS) is 26.9. The van der Waals surface area contributed by atoms with Crippen LogP contribution in [0.2, 0.25) is 0 Å². The Morgan fingerprint density at radius 1 is 1.00 bits per heavy atom. The van der Waals surface area contributed by atoms with Gasteiger partial charge in [-0.05, 0) is 55.0 Å². The lowest BCUT2D eigenvalue weighted by Gasteiger charge is -2.39. The van der Waals surface area contributed by atoms with Crippen molar-refractivity contribution in [1.82, 2.24) is 9.80 Å². The largest absolute Gasteiger partial charge is 0.497 e. The maximum atomic E-state index is 13.3. The molecule has 0 bridgehead atoms. The van der Waals surface area contributed by atoms with Crippen LogP contribution < -0.4 is 4.74 Å². The fourth-order valence-electron chi connectivity index (χ4n) is 5.32. The van der Waals surface area contributed by atoms with Crippen molar-refractivity contribution in [3.05, 3.63) is 65.7 Å². The van der Waals surface area contributed by atoms with Crippen LogP contribution in [0.1, 0.15) is 41.1 Å². The Morgan fingerprint density at radius 2 is 1.76 bits per heavy atom. The highest BCUT2D eigenvalue weighted by Crippen LogP contribution is 2.43. The molecule has 3 aliphatic rings. The van der Waals surface area contributed by atoms with Gasteiger partial charge in [-0.25, -0.2) is 0 Å². The Balaban J connectivity index is 1.41.